The van der Waals surface area contributed by atoms with Gasteiger partial charge in [-0.1, -0.05) is 6.07 Å². The highest BCUT2D eigenvalue weighted by molar-refractivity contribution is 7.98. The van der Waals surface area contributed by atoms with Gasteiger partial charge in [0.15, 0.2) is 0 Å². The van der Waals surface area contributed by atoms with Crippen molar-refractivity contribution in [2.45, 2.75) is 18.7 Å². The summed E-state index contributed by atoms with van der Waals surface area (Å²) in [5.74, 6) is 2.30. The zero-order valence-corrected chi connectivity index (χ0v) is 17.6. The molecule has 0 radical (unpaired) electrons. The lowest BCUT2D eigenvalue weighted by atomic mass is 10.1. The van der Waals surface area contributed by atoms with Crippen LogP contribution in [0.4, 0.5) is 5.95 Å². The first kappa shape index (κ1) is 20.5. The van der Waals surface area contributed by atoms with Crippen LogP contribution in [0.25, 0.3) is 0 Å². The number of anilines is 1. The van der Waals surface area contributed by atoms with Gasteiger partial charge in [-0.25, -0.2) is 9.97 Å². The quantitative estimate of drug-likeness (QED) is 0.491. The summed E-state index contributed by atoms with van der Waals surface area (Å²) in [5.41, 5.74) is 2.62. The topological polar surface area (TPSA) is 86.8 Å². The number of hydrogen-bond donors (Lipinski definition) is 2. The molecule has 0 aliphatic carbocycles. The zero-order chi connectivity index (χ0) is 19.8. The molecule has 0 aromatic carbocycles. The highest BCUT2D eigenvalue weighted by Gasteiger charge is 2.05. The minimum Gasteiger partial charge on any atom is -0.355 e. The summed E-state index contributed by atoms with van der Waals surface area (Å²) in [7, 11) is 4.09. The van der Waals surface area contributed by atoms with Crippen molar-refractivity contribution in [1.29, 1.82) is 0 Å². The number of nitrogens with zero attached hydrogens (tertiary/aromatic N) is 4. The second-order valence-corrected chi connectivity index (χ2v) is 8.62. The van der Waals surface area contributed by atoms with E-state index in [2.05, 4.69) is 35.5 Å². The molecule has 0 spiro atoms. The fourth-order valence-electron chi connectivity index (χ4n) is 2.54. The Morgan fingerprint density at radius 1 is 1.32 bits per heavy atom. The van der Waals surface area contributed by atoms with Crippen molar-refractivity contribution >= 4 is 29.0 Å². The number of thioether (sulfide) groups is 1. The van der Waals surface area contributed by atoms with Crippen molar-refractivity contribution < 1.29 is 0 Å². The molecule has 0 unspecified atom stereocenters. The van der Waals surface area contributed by atoms with Gasteiger partial charge in [-0.2, -0.15) is 11.8 Å². The van der Waals surface area contributed by atoms with Gasteiger partial charge in [0.25, 0.3) is 5.56 Å². The van der Waals surface area contributed by atoms with E-state index in [4.69, 9.17) is 0 Å². The lowest BCUT2D eigenvalue weighted by Gasteiger charge is -2.06. The number of rotatable bonds is 10. The maximum absolute atomic E-state index is 12.2. The molecular weight excluding hydrogens is 392 g/mol. The molecule has 28 heavy (non-hydrogen) atoms. The van der Waals surface area contributed by atoms with Crippen LogP contribution in [0.2, 0.25) is 0 Å². The van der Waals surface area contributed by atoms with Crippen molar-refractivity contribution in [2.75, 3.05) is 31.7 Å². The molecule has 0 atom stereocenters. The highest BCUT2D eigenvalue weighted by Crippen LogP contribution is 2.16. The van der Waals surface area contributed by atoms with Gasteiger partial charge in [0.1, 0.15) is 5.01 Å². The van der Waals surface area contributed by atoms with E-state index in [0.29, 0.717) is 17.9 Å². The summed E-state index contributed by atoms with van der Waals surface area (Å²) >= 11 is 3.51. The van der Waals surface area contributed by atoms with Gasteiger partial charge in [0, 0.05) is 60.6 Å². The number of thiazole rings is 1. The number of aromatic amines is 1. The molecule has 0 amide bonds. The predicted octanol–water partition coefficient (Wildman–Crippen LogP) is 2.62. The predicted molar refractivity (Wildman–Crippen MR) is 116 cm³/mol. The molecule has 148 valence electrons. The lowest BCUT2D eigenvalue weighted by Crippen LogP contribution is -2.18. The van der Waals surface area contributed by atoms with Crippen LogP contribution in [0.3, 0.4) is 0 Å². The van der Waals surface area contributed by atoms with Gasteiger partial charge in [0.05, 0.1) is 5.69 Å². The molecule has 0 bridgehead atoms. The third kappa shape index (κ3) is 6.43. The van der Waals surface area contributed by atoms with Crippen molar-refractivity contribution in [2.24, 2.45) is 0 Å². The molecule has 3 rings (SSSR count). The summed E-state index contributed by atoms with van der Waals surface area (Å²) in [4.78, 5) is 30.2. The Morgan fingerprint density at radius 2 is 2.21 bits per heavy atom. The van der Waals surface area contributed by atoms with E-state index in [1.807, 2.05) is 38.0 Å². The summed E-state index contributed by atoms with van der Waals surface area (Å²) in [6.07, 6.45) is 5.63. The van der Waals surface area contributed by atoms with Crippen LogP contribution in [0.15, 0.2) is 40.9 Å². The van der Waals surface area contributed by atoms with Gasteiger partial charge in [-0.05, 0) is 25.7 Å². The first-order valence-electron chi connectivity index (χ1n) is 8.97. The minimum atomic E-state index is -0.120. The average molecular weight is 417 g/mol. The maximum atomic E-state index is 12.2. The van der Waals surface area contributed by atoms with E-state index in [1.54, 1.807) is 29.9 Å². The molecule has 0 saturated heterocycles. The SMILES string of the molecule is CN(C)Cc1nc(CSCCNc2ncc(Cc3cccnc3)c(=O)[nH]2)cs1. The average Bonchev–Trinajstić information content (AvgIpc) is 3.11. The Bertz CT molecular complexity index is 925. The van der Waals surface area contributed by atoms with Crippen LogP contribution < -0.4 is 10.9 Å². The number of nitrogens with one attached hydrogen (secondary N) is 2. The second-order valence-electron chi connectivity index (χ2n) is 6.57. The molecule has 0 saturated carbocycles. The van der Waals surface area contributed by atoms with Gasteiger partial charge in [0.2, 0.25) is 5.95 Å². The monoisotopic (exact) mass is 416 g/mol. The van der Waals surface area contributed by atoms with Crippen LogP contribution in [-0.2, 0) is 18.7 Å². The van der Waals surface area contributed by atoms with E-state index < -0.39 is 0 Å². The minimum absolute atomic E-state index is 0.120. The molecule has 3 aromatic rings. The van der Waals surface area contributed by atoms with E-state index >= 15 is 0 Å². The molecule has 9 heteroatoms. The molecule has 0 aliphatic rings. The lowest BCUT2D eigenvalue weighted by molar-refractivity contribution is 0.401. The van der Waals surface area contributed by atoms with Crippen LogP contribution in [0, 0.1) is 0 Å². The van der Waals surface area contributed by atoms with Crippen LogP contribution in [-0.4, -0.2) is 51.2 Å². The van der Waals surface area contributed by atoms with Gasteiger partial charge in [-0.3, -0.25) is 14.8 Å². The maximum Gasteiger partial charge on any atom is 0.255 e. The van der Waals surface area contributed by atoms with Crippen molar-refractivity contribution in [3.8, 4) is 0 Å². The Hall–Kier alpha value is -2.23. The van der Waals surface area contributed by atoms with Crippen LogP contribution >= 0.6 is 23.1 Å². The Kier molecular flexibility index (Phi) is 7.58. The number of H-pyrrole nitrogens is 1. The smallest absolute Gasteiger partial charge is 0.255 e. The molecule has 7 nitrogen and oxygen atoms in total. The molecule has 0 aliphatic heterocycles. The third-order valence-corrected chi connectivity index (χ3v) is 5.71. The molecule has 3 heterocycles. The van der Waals surface area contributed by atoms with Gasteiger partial charge in [-0.15, -0.1) is 11.3 Å². The summed E-state index contributed by atoms with van der Waals surface area (Å²) in [5, 5.41) is 6.44. The van der Waals surface area contributed by atoms with Gasteiger partial charge < -0.3 is 10.2 Å². The van der Waals surface area contributed by atoms with E-state index in [9.17, 15) is 4.79 Å². The van der Waals surface area contributed by atoms with Crippen LogP contribution in [0.1, 0.15) is 21.8 Å². The van der Waals surface area contributed by atoms with Crippen molar-refractivity contribution in [3.63, 3.8) is 0 Å². The normalized spacial score (nSPS) is 11.1. The van der Waals surface area contributed by atoms with E-state index in [0.717, 1.165) is 40.9 Å². The van der Waals surface area contributed by atoms with E-state index in [1.165, 1.54) is 0 Å². The Labute approximate surface area is 172 Å². The third-order valence-electron chi connectivity index (χ3n) is 3.83. The summed E-state index contributed by atoms with van der Waals surface area (Å²) in [6.45, 7) is 1.61. The number of hydrogen-bond acceptors (Lipinski definition) is 8. The fraction of sp³-hybridized carbons (Fsp3) is 0.368. The molecule has 3 aromatic heterocycles. The summed E-state index contributed by atoms with van der Waals surface area (Å²) in [6, 6.07) is 3.81. The van der Waals surface area contributed by atoms with E-state index in [-0.39, 0.29) is 5.56 Å². The first-order chi connectivity index (χ1) is 13.6. The summed E-state index contributed by atoms with van der Waals surface area (Å²) < 4.78 is 0. The van der Waals surface area contributed by atoms with Crippen molar-refractivity contribution in [1.82, 2.24) is 24.8 Å². The fourth-order valence-corrected chi connectivity index (χ4v) is 4.30. The zero-order valence-electron chi connectivity index (χ0n) is 16.0. The first-order valence-corrected chi connectivity index (χ1v) is 11.0. The van der Waals surface area contributed by atoms with Crippen LogP contribution in [0.5, 0.6) is 0 Å². The standard InChI is InChI=1S/C19H24N6OS2/c1-25(2)11-17-23-16(13-28-17)12-27-7-6-21-19-22-10-15(18(26)24-19)8-14-4-3-5-20-9-14/h3-5,9-10,13H,6-8,11-12H2,1-2H3,(H2,21,22,24,26). The Morgan fingerprint density at radius 3 is 2.96 bits per heavy atom. The highest BCUT2D eigenvalue weighted by atomic mass is 32.2. The Balaban J connectivity index is 1.41. The number of pyridine rings is 1. The molecule has 2 N–H and O–H groups in total. The van der Waals surface area contributed by atoms with Crippen molar-refractivity contribution in [3.05, 3.63) is 68.3 Å². The number of aromatic nitrogens is 4. The second kappa shape index (κ2) is 10.4. The van der Waals surface area contributed by atoms with Gasteiger partial charge >= 0.3 is 0 Å². The largest absolute Gasteiger partial charge is 0.355 e. The molecule has 0 fully saturated rings. The molecular formula is C19H24N6OS2.